The number of hydrogen-bond donors (Lipinski definition) is 1. The van der Waals surface area contributed by atoms with Gasteiger partial charge in [0, 0.05) is 23.7 Å². The number of nitrogens with one attached hydrogen (secondary N) is 1. The summed E-state index contributed by atoms with van der Waals surface area (Å²) in [5.74, 6) is 0.892. The van der Waals surface area contributed by atoms with Crippen molar-refractivity contribution in [3.8, 4) is 5.75 Å². The highest BCUT2D eigenvalue weighted by atomic mass is 32.1. The van der Waals surface area contributed by atoms with Crippen LogP contribution >= 0.6 is 11.3 Å². The Balaban J connectivity index is 1.92. The first-order chi connectivity index (χ1) is 8.29. The summed E-state index contributed by atoms with van der Waals surface area (Å²) in [7, 11) is 1.68. The molecule has 0 spiro atoms. The molecule has 3 nitrogen and oxygen atoms in total. The van der Waals surface area contributed by atoms with Crippen molar-refractivity contribution in [2.75, 3.05) is 7.11 Å². The fraction of sp³-hybridized carbons (Fsp3) is 0.308. The van der Waals surface area contributed by atoms with Gasteiger partial charge in [-0.25, -0.2) is 0 Å². The molecule has 0 aliphatic carbocycles. The van der Waals surface area contributed by atoms with Crippen molar-refractivity contribution < 1.29 is 4.74 Å². The molecule has 0 saturated carbocycles. The Bertz CT molecular complexity index is 439. The van der Waals surface area contributed by atoms with Gasteiger partial charge in [0.25, 0.3) is 0 Å². The Morgan fingerprint density at radius 2 is 2.12 bits per heavy atom. The van der Waals surface area contributed by atoms with Crippen molar-refractivity contribution in [1.29, 1.82) is 0 Å². The van der Waals surface area contributed by atoms with Crippen molar-refractivity contribution in [1.82, 2.24) is 10.3 Å². The summed E-state index contributed by atoms with van der Waals surface area (Å²) < 4.78 is 5.14. The number of ether oxygens (including phenoxy) is 1. The van der Waals surface area contributed by atoms with Crippen molar-refractivity contribution in [2.24, 2.45) is 0 Å². The molecule has 0 fully saturated rings. The van der Waals surface area contributed by atoms with Crippen LogP contribution < -0.4 is 10.1 Å². The fourth-order valence-electron chi connectivity index (χ4n) is 1.59. The highest BCUT2D eigenvalue weighted by molar-refractivity contribution is 7.09. The van der Waals surface area contributed by atoms with E-state index in [1.165, 1.54) is 10.4 Å². The minimum atomic E-state index is 0.322. The topological polar surface area (TPSA) is 34.1 Å². The molecule has 2 aromatic rings. The zero-order valence-electron chi connectivity index (χ0n) is 10.0. The van der Waals surface area contributed by atoms with Crippen molar-refractivity contribution in [3.63, 3.8) is 0 Å². The van der Waals surface area contributed by atoms with E-state index >= 15 is 0 Å². The van der Waals surface area contributed by atoms with E-state index in [1.54, 1.807) is 18.4 Å². The molecule has 0 aliphatic heterocycles. The Hall–Kier alpha value is -1.39. The van der Waals surface area contributed by atoms with Gasteiger partial charge in [0.1, 0.15) is 5.75 Å². The summed E-state index contributed by atoms with van der Waals surface area (Å²) in [5.41, 5.74) is 3.12. The van der Waals surface area contributed by atoms with Crippen LogP contribution in [0, 0.1) is 0 Å². The predicted octanol–water partition coefficient (Wildman–Crippen LogP) is 3.00. The molecule has 90 valence electrons. The predicted molar refractivity (Wildman–Crippen MR) is 70.4 cm³/mol. The SMILES string of the molecule is COc1ccc(C(C)NCc2cncs2)cc1. The molecule has 0 amide bonds. The molecule has 2 rings (SSSR count). The lowest BCUT2D eigenvalue weighted by atomic mass is 10.1. The average Bonchev–Trinajstić information content (AvgIpc) is 2.89. The van der Waals surface area contributed by atoms with Gasteiger partial charge in [0.2, 0.25) is 0 Å². The third-order valence-corrected chi connectivity index (χ3v) is 3.46. The van der Waals surface area contributed by atoms with Gasteiger partial charge < -0.3 is 10.1 Å². The first-order valence-electron chi connectivity index (χ1n) is 5.54. The third kappa shape index (κ3) is 3.28. The molecular weight excluding hydrogens is 232 g/mol. The molecule has 1 aromatic heterocycles. The average molecular weight is 248 g/mol. The number of hydrogen-bond acceptors (Lipinski definition) is 4. The molecule has 1 N–H and O–H groups in total. The molecular formula is C13H16N2OS. The summed E-state index contributed by atoms with van der Waals surface area (Å²) in [6, 6.07) is 8.47. The molecule has 0 radical (unpaired) electrons. The molecule has 1 unspecified atom stereocenters. The van der Waals surface area contributed by atoms with E-state index < -0.39 is 0 Å². The van der Waals surface area contributed by atoms with Crippen molar-refractivity contribution in [3.05, 3.63) is 46.4 Å². The second-order valence-electron chi connectivity index (χ2n) is 3.84. The smallest absolute Gasteiger partial charge is 0.118 e. The van der Waals surface area contributed by atoms with Crippen LogP contribution in [-0.2, 0) is 6.54 Å². The maximum absolute atomic E-state index is 5.14. The lowest BCUT2D eigenvalue weighted by Gasteiger charge is -2.13. The Morgan fingerprint density at radius 3 is 2.71 bits per heavy atom. The molecule has 1 heterocycles. The molecule has 1 aromatic carbocycles. The summed E-state index contributed by atoms with van der Waals surface area (Å²) in [6.45, 7) is 3.01. The first-order valence-corrected chi connectivity index (χ1v) is 6.42. The second-order valence-corrected chi connectivity index (χ2v) is 4.81. The van der Waals surface area contributed by atoms with Crippen LogP contribution in [0.3, 0.4) is 0 Å². The summed E-state index contributed by atoms with van der Waals surface area (Å²) in [6.07, 6.45) is 1.90. The van der Waals surface area contributed by atoms with Crippen LogP contribution in [0.1, 0.15) is 23.4 Å². The Labute approximate surface area is 105 Å². The van der Waals surface area contributed by atoms with Gasteiger partial charge in [-0.3, -0.25) is 4.98 Å². The minimum absolute atomic E-state index is 0.322. The van der Waals surface area contributed by atoms with Gasteiger partial charge in [-0.15, -0.1) is 11.3 Å². The van der Waals surface area contributed by atoms with Gasteiger partial charge in [-0.05, 0) is 24.6 Å². The van der Waals surface area contributed by atoms with E-state index in [2.05, 4.69) is 29.4 Å². The number of aromatic nitrogens is 1. The lowest BCUT2D eigenvalue weighted by Crippen LogP contribution is -2.17. The van der Waals surface area contributed by atoms with E-state index in [-0.39, 0.29) is 0 Å². The van der Waals surface area contributed by atoms with Crippen molar-refractivity contribution >= 4 is 11.3 Å². The lowest BCUT2D eigenvalue weighted by molar-refractivity contribution is 0.414. The molecule has 17 heavy (non-hydrogen) atoms. The van der Waals surface area contributed by atoms with Crippen LogP contribution in [0.5, 0.6) is 5.75 Å². The van der Waals surface area contributed by atoms with Crippen LogP contribution in [0.4, 0.5) is 0 Å². The van der Waals surface area contributed by atoms with Gasteiger partial charge in [-0.2, -0.15) is 0 Å². The Kier molecular flexibility index (Phi) is 4.12. The van der Waals surface area contributed by atoms with E-state index in [0.717, 1.165) is 12.3 Å². The first kappa shape index (κ1) is 12.1. The molecule has 0 aliphatic rings. The Morgan fingerprint density at radius 1 is 1.35 bits per heavy atom. The zero-order chi connectivity index (χ0) is 12.1. The molecule has 0 bridgehead atoms. The molecule has 1 atom stereocenters. The minimum Gasteiger partial charge on any atom is -0.497 e. The normalized spacial score (nSPS) is 12.4. The number of rotatable bonds is 5. The monoisotopic (exact) mass is 248 g/mol. The summed E-state index contributed by atoms with van der Waals surface area (Å²) >= 11 is 1.67. The largest absolute Gasteiger partial charge is 0.497 e. The van der Waals surface area contributed by atoms with Crippen LogP contribution in [0.25, 0.3) is 0 Å². The number of benzene rings is 1. The fourth-order valence-corrected chi connectivity index (χ4v) is 2.14. The van der Waals surface area contributed by atoms with E-state index in [1.807, 2.05) is 23.8 Å². The van der Waals surface area contributed by atoms with E-state index in [9.17, 15) is 0 Å². The van der Waals surface area contributed by atoms with Crippen molar-refractivity contribution in [2.45, 2.75) is 19.5 Å². The zero-order valence-corrected chi connectivity index (χ0v) is 10.8. The van der Waals surface area contributed by atoms with Crippen LogP contribution in [-0.4, -0.2) is 12.1 Å². The van der Waals surface area contributed by atoms with Crippen LogP contribution in [0.2, 0.25) is 0 Å². The van der Waals surface area contributed by atoms with E-state index in [0.29, 0.717) is 6.04 Å². The van der Waals surface area contributed by atoms with Crippen LogP contribution in [0.15, 0.2) is 36.0 Å². The number of nitrogens with zero attached hydrogens (tertiary/aromatic N) is 1. The second kappa shape index (κ2) is 5.80. The van der Waals surface area contributed by atoms with E-state index in [4.69, 9.17) is 4.74 Å². The summed E-state index contributed by atoms with van der Waals surface area (Å²) in [4.78, 5) is 5.31. The summed E-state index contributed by atoms with van der Waals surface area (Å²) in [5, 5.41) is 3.47. The van der Waals surface area contributed by atoms with Gasteiger partial charge in [-0.1, -0.05) is 12.1 Å². The number of methoxy groups -OCH3 is 1. The standard InChI is InChI=1S/C13H16N2OS/c1-10(15-8-13-7-14-9-17-13)11-3-5-12(16-2)6-4-11/h3-7,9-10,15H,8H2,1-2H3. The quantitative estimate of drug-likeness (QED) is 0.883. The highest BCUT2D eigenvalue weighted by Gasteiger charge is 2.05. The maximum atomic E-state index is 5.14. The van der Waals surface area contributed by atoms with Gasteiger partial charge >= 0.3 is 0 Å². The van der Waals surface area contributed by atoms with Gasteiger partial charge in [0.05, 0.1) is 12.6 Å². The molecule has 0 saturated heterocycles. The van der Waals surface area contributed by atoms with Gasteiger partial charge in [0.15, 0.2) is 0 Å². The number of thiazole rings is 1. The maximum Gasteiger partial charge on any atom is 0.118 e. The third-order valence-electron chi connectivity index (χ3n) is 2.68. The highest BCUT2D eigenvalue weighted by Crippen LogP contribution is 2.18. The molecule has 4 heteroatoms.